The molecule has 0 fully saturated rings. The van der Waals surface area contributed by atoms with Gasteiger partial charge in [0.2, 0.25) is 5.91 Å². The summed E-state index contributed by atoms with van der Waals surface area (Å²) in [6.45, 7) is 0.679. The third-order valence-corrected chi connectivity index (χ3v) is 3.94. The summed E-state index contributed by atoms with van der Waals surface area (Å²) < 4.78 is 26.5. The van der Waals surface area contributed by atoms with Gasteiger partial charge in [-0.1, -0.05) is 29.3 Å². The van der Waals surface area contributed by atoms with Crippen LogP contribution in [0, 0.1) is 11.6 Å². The SMILES string of the molecule is CN(CCC(=O)Nc1cc(Cl)ccc1Cl)Cc1ccc(F)cc1F. The molecule has 24 heavy (non-hydrogen) atoms. The van der Waals surface area contributed by atoms with Gasteiger partial charge >= 0.3 is 0 Å². The van der Waals surface area contributed by atoms with Crippen molar-refractivity contribution in [3.8, 4) is 0 Å². The van der Waals surface area contributed by atoms with Gasteiger partial charge in [0, 0.05) is 36.2 Å². The highest BCUT2D eigenvalue weighted by atomic mass is 35.5. The number of amides is 1. The number of halogens is 4. The first kappa shape index (κ1) is 18.6. The predicted octanol–water partition coefficient (Wildman–Crippen LogP) is 4.73. The molecule has 0 saturated heterocycles. The highest BCUT2D eigenvalue weighted by Gasteiger charge is 2.10. The van der Waals surface area contributed by atoms with Crippen LogP contribution in [-0.4, -0.2) is 24.4 Å². The van der Waals surface area contributed by atoms with Gasteiger partial charge in [0.15, 0.2) is 0 Å². The smallest absolute Gasteiger partial charge is 0.225 e. The molecule has 0 aliphatic heterocycles. The third-order valence-electron chi connectivity index (χ3n) is 3.38. The summed E-state index contributed by atoms with van der Waals surface area (Å²) in [5, 5.41) is 3.55. The standard InChI is InChI=1S/C17H16Cl2F2N2O/c1-23(10-11-2-4-13(20)9-15(11)21)7-6-17(24)22-16-8-12(18)3-5-14(16)19/h2-5,8-9H,6-7,10H2,1H3,(H,22,24). The van der Waals surface area contributed by atoms with Crippen molar-refractivity contribution in [2.24, 2.45) is 0 Å². The van der Waals surface area contributed by atoms with E-state index in [2.05, 4.69) is 5.32 Å². The Balaban J connectivity index is 1.85. The summed E-state index contributed by atoms with van der Waals surface area (Å²) in [5.74, 6) is -1.45. The first-order valence-electron chi connectivity index (χ1n) is 7.22. The van der Waals surface area contributed by atoms with Crippen molar-refractivity contribution in [1.29, 1.82) is 0 Å². The molecule has 0 aromatic heterocycles. The summed E-state index contributed by atoms with van der Waals surface area (Å²) in [4.78, 5) is 13.8. The number of carbonyl (C=O) groups excluding carboxylic acids is 1. The molecule has 1 N–H and O–H groups in total. The molecule has 0 bridgehead atoms. The lowest BCUT2D eigenvalue weighted by Crippen LogP contribution is -2.24. The highest BCUT2D eigenvalue weighted by molar-refractivity contribution is 6.35. The van der Waals surface area contributed by atoms with Gasteiger partial charge in [0.25, 0.3) is 0 Å². The summed E-state index contributed by atoms with van der Waals surface area (Å²) in [7, 11) is 1.75. The van der Waals surface area contributed by atoms with Gasteiger partial charge in [-0.15, -0.1) is 0 Å². The van der Waals surface area contributed by atoms with Crippen molar-refractivity contribution in [3.63, 3.8) is 0 Å². The molecule has 0 aliphatic rings. The fourth-order valence-electron chi connectivity index (χ4n) is 2.12. The molecular formula is C17H16Cl2F2N2O. The van der Waals surface area contributed by atoms with E-state index in [4.69, 9.17) is 23.2 Å². The molecule has 0 radical (unpaired) electrons. The van der Waals surface area contributed by atoms with Crippen molar-refractivity contribution < 1.29 is 13.6 Å². The normalized spacial score (nSPS) is 10.9. The number of benzene rings is 2. The van der Waals surface area contributed by atoms with Gasteiger partial charge in [-0.3, -0.25) is 4.79 Å². The Morgan fingerprint density at radius 2 is 1.92 bits per heavy atom. The summed E-state index contributed by atoms with van der Waals surface area (Å²) in [5.41, 5.74) is 0.818. The minimum absolute atomic E-state index is 0.197. The number of hydrogen-bond donors (Lipinski definition) is 1. The molecule has 1 amide bonds. The van der Waals surface area contributed by atoms with Crippen molar-refractivity contribution in [2.75, 3.05) is 18.9 Å². The predicted molar refractivity (Wildman–Crippen MR) is 92.4 cm³/mol. The van der Waals surface area contributed by atoms with Crippen molar-refractivity contribution in [3.05, 3.63) is 63.6 Å². The van der Waals surface area contributed by atoms with E-state index in [-0.39, 0.29) is 18.9 Å². The van der Waals surface area contributed by atoms with E-state index < -0.39 is 11.6 Å². The Morgan fingerprint density at radius 3 is 2.62 bits per heavy atom. The van der Waals surface area contributed by atoms with E-state index in [1.165, 1.54) is 12.1 Å². The number of nitrogens with zero attached hydrogens (tertiary/aromatic N) is 1. The van der Waals surface area contributed by atoms with Crippen molar-refractivity contribution in [1.82, 2.24) is 4.90 Å². The van der Waals surface area contributed by atoms with Crippen LogP contribution in [0.5, 0.6) is 0 Å². The first-order valence-corrected chi connectivity index (χ1v) is 7.98. The topological polar surface area (TPSA) is 32.3 Å². The largest absolute Gasteiger partial charge is 0.325 e. The maximum absolute atomic E-state index is 13.6. The van der Waals surface area contributed by atoms with Crippen LogP contribution in [0.2, 0.25) is 10.0 Å². The van der Waals surface area contributed by atoms with Crippen LogP contribution in [0.4, 0.5) is 14.5 Å². The van der Waals surface area contributed by atoms with E-state index in [0.29, 0.717) is 27.8 Å². The zero-order valence-electron chi connectivity index (χ0n) is 13.0. The molecule has 0 atom stereocenters. The second-order valence-corrected chi connectivity index (χ2v) is 6.24. The van der Waals surface area contributed by atoms with E-state index in [9.17, 15) is 13.6 Å². The van der Waals surface area contributed by atoms with Crippen molar-refractivity contribution >= 4 is 34.8 Å². The minimum atomic E-state index is -0.614. The molecule has 2 aromatic carbocycles. The fraction of sp³-hybridized carbons (Fsp3) is 0.235. The molecule has 2 aromatic rings. The number of carbonyl (C=O) groups is 1. The molecular weight excluding hydrogens is 357 g/mol. The number of anilines is 1. The van der Waals surface area contributed by atoms with Gasteiger partial charge in [-0.25, -0.2) is 8.78 Å². The number of hydrogen-bond acceptors (Lipinski definition) is 2. The molecule has 0 unspecified atom stereocenters. The second kappa shape index (κ2) is 8.42. The average molecular weight is 373 g/mol. The van der Waals surface area contributed by atoms with Crippen molar-refractivity contribution in [2.45, 2.75) is 13.0 Å². The van der Waals surface area contributed by atoms with Gasteiger partial charge in [-0.05, 0) is 31.3 Å². The Labute approximate surface area is 149 Å². The van der Waals surface area contributed by atoms with Crippen LogP contribution in [0.15, 0.2) is 36.4 Å². The van der Waals surface area contributed by atoms with Gasteiger partial charge < -0.3 is 10.2 Å². The van der Waals surface area contributed by atoms with Crippen LogP contribution < -0.4 is 5.32 Å². The van der Waals surface area contributed by atoms with Crippen LogP contribution in [0.25, 0.3) is 0 Å². The molecule has 0 aliphatic carbocycles. The maximum atomic E-state index is 13.6. The Hall–Kier alpha value is -1.69. The van der Waals surface area contributed by atoms with Crippen LogP contribution >= 0.6 is 23.2 Å². The minimum Gasteiger partial charge on any atom is -0.325 e. The molecule has 3 nitrogen and oxygen atoms in total. The van der Waals surface area contributed by atoms with Crippen LogP contribution in [0.3, 0.4) is 0 Å². The lowest BCUT2D eigenvalue weighted by atomic mass is 10.2. The first-order chi connectivity index (χ1) is 11.3. The molecule has 0 heterocycles. The third kappa shape index (κ3) is 5.44. The monoisotopic (exact) mass is 372 g/mol. The molecule has 7 heteroatoms. The number of nitrogens with one attached hydrogen (secondary N) is 1. The summed E-state index contributed by atoms with van der Waals surface area (Å²) in [6, 6.07) is 8.25. The zero-order valence-corrected chi connectivity index (χ0v) is 14.5. The average Bonchev–Trinajstić information content (AvgIpc) is 2.52. The van der Waals surface area contributed by atoms with Crippen LogP contribution in [-0.2, 0) is 11.3 Å². The quantitative estimate of drug-likeness (QED) is 0.794. The van der Waals surface area contributed by atoms with E-state index in [1.54, 1.807) is 30.1 Å². The summed E-state index contributed by atoms with van der Waals surface area (Å²) in [6.07, 6.45) is 0.197. The Bertz CT molecular complexity index is 741. The van der Waals surface area contributed by atoms with Gasteiger partial charge in [-0.2, -0.15) is 0 Å². The van der Waals surface area contributed by atoms with E-state index in [0.717, 1.165) is 6.07 Å². The maximum Gasteiger partial charge on any atom is 0.225 e. The van der Waals surface area contributed by atoms with Gasteiger partial charge in [0.05, 0.1) is 10.7 Å². The highest BCUT2D eigenvalue weighted by Crippen LogP contribution is 2.25. The molecule has 0 saturated carbocycles. The van der Waals surface area contributed by atoms with E-state index in [1.807, 2.05) is 0 Å². The Kier molecular flexibility index (Phi) is 6.54. The van der Waals surface area contributed by atoms with Gasteiger partial charge in [0.1, 0.15) is 11.6 Å². The molecule has 2 rings (SSSR count). The van der Waals surface area contributed by atoms with E-state index >= 15 is 0 Å². The lowest BCUT2D eigenvalue weighted by Gasteiger charge is -2.17. The van der Waals surface area contributed by atoms with Crippen LogP contribution in [0.1, 0.15) is 12.0 Å². The zero-order chi connectivity index (χ0) is 17.7. The lowest BCUT2D eigenvalue weighted by molar-refractivity contribution is -0.116. The Morgan fingerprint density at radius 1 is 1.17 bits per heavy atom. The summed E-state index contributed by atoms with van der Waals surface area (Å²) >= 11 is 11.8. The molecule has 0 spiro atoms. The number of rotatable bonds is 6. The second-order valence-electron chi connectivity index (χ2n) is 5.40. The fourth-order valence-corrected chi connectivity index (χ4v) is 2.46. The molecule has 128 valence electrons.